The summed E-state index contributed by atoms with van der Waals surface area (Å²) in [5, 5.41) is 7.95. The van der Waals surface area contributed by atoms with Gasteiger partial charge in [-0.2, -0.15) is 0 Å². The molecule has 0 aromatic heterocycles. The number of hydrogen-bond acceptors (Lipinski definition) is 4. The van der Waals surface area contributed by atoms with Crippen molar-refractivity contribution in [1.29, 1.82) is 0 Å². The van der Waals surface area contributed by atoms with Gasteiger partial charge in [-0.3, -0.25) is 4.79 Å². The van der Waals surface area contributed by atoms with Crippen LogP contribution >= 0.6 is 0 Å². The van der Waals surface area contributed by atoms with Crippen molar-refractivity contribution < 1.29 is 17.9 Å². The molecule has 0 aliphatic rings. The Kier molecular flexibility index (Phi) is 6.31. The molecule has 0 aliphatic heterocycles. The standard InChI is InChI=1S/C22H22N2O4S/c1-16-7-12-20(21(13-16)28-15-18-5-3-2-4-6-18)24-22(25)14-17-8-10-19(11-9-17)29(23,26)27/h2-13H,14-15H2,1H3,(H,24,25)(H2,23,26,27). The Hall–Kier alpha value is -3.16. The van der Waals surface area contributed by atoms with E-state index in [1.807, 2.05) is 49.4 Å². The second-order valence-electron chi connectivity index (χ2n) is 6.69. The van der Waals surface area contributed by atoms with Crippen molar-refractivity contribution in [1.82, 2.24) is 0 Å². The Labute approximate surface area is 170 Å². The monoisotopic (exact) mass is 410 g/mol. The van der Waals surface area contributed by atoms with Crippen molar-refractivity contribution in [2.24, 2.45) is 5.14 Å². The molecule has 0 unspecified atom stereocenters. The number of rotatable bonds is 7. The van der Waals surface area contributed by atoms with Gasteiger partial charge in [-0.25, -0.2) is 13.6 Å². The maximum Gasteiger partial charge on any atom is 0.238 e. The average molecular weight is 410 g/mol. The lowest BCUT2D eigenvalue weighted by Crippen LogP contribution is -2.16. The lowest BCUT2D eigenvalue weighted by molar-refractivity contribution is -0.115. The first-order valence-electron chi connectivity index (χ1n) is 9.00. The topological polar surface area (TPSA) is 98.5 Å². The summed E-state index contributed by atoms with van der Waals surface area (Å²) in [5.74, 6) is 0.355. The third-order valence-corrected chi connectivity index (χ3v) is 5.19. The minimum absolute atomic E-state index is 0.0109. The Morgan fingerprint density at radius 3 is 2.31 bits per heavy atom. The van der Waals surface area contributed by atoms with Crippen LogP contribution in [0.2, 0.25) is 0 Å². The number of carbonyl (C=O) groups is 1. The van der Waals surface area contributed by atoms with E-state index < -0.39 is 10.0 Å². The SMILES string of the molecule is Cc1ccc(NC(=O)Cc2ccc(S(N)(=O)=O)cc2)c(OCc2ccccc2)c1. The van der Waals surface area contributed by atoms with E-state index in [9.17, 15) is 13.2 Å². The van der Waals surface area contributed by atoms with Gasteiger partial charge in [0.05, 0.1) is 17.0 Å². The van der Waals surface area contributed by atoms with Crippen molar-refractivity contribution in [3.63, 3.8) is 0 Å². The lowest BCUT2D eigenvalue weighted by atomic mass is 10.1. The predicted octanol–water partition coefficient (Wildman–Crippen LogP) is 3.40. The molecule has 0 aliphatic carbocycles. The maximum atomic E-state index is 12.5. The van der Waals surface area contributed by atoms with Gasteiger partial charge in [0, 0.05) is 0 Å². The molecule has 0 fully saturated rings. The minimum Gasteiger partial charge on any atom is -0.487 e. The molecule has 0 heterocycles. The fourth-order valence-corrected chi connectivity index (χ4v) is 3.28. The van der Waals surface area contributed by atoms with Gasteiger partial charge in [-0.05, 0) is 47.9 Å². The van der Waals surface area contributed by atoms with E-state index in [4.69, 9.17) is 9.88 Å². The van der Waals surface area contributed by atoms with Gasteiger partial charge in [0.1, 0.15) is 12.4 Å². The zero-order valence-corrected chi connectivity index (χ0v) is 16.8. The van der Waals surface area contributed by atoms with E-state index in [1.54, 1.807) is 18.2 Å². The molecule has 0 atom stereocenters. The fraction of sp³-hybridized carbons (Fsp3) is 0.136. The first kappa shape index (κ1) is 20.6. The van der Waals surface area contributed by atoms with E-state index in [2.05, 4.69) is 5.32 Å². The second-order valence-corrected chi connectivity index (χ2v) is 8.25. The quantitative estimate of drug-likeness (QED) is 0.624. The maximum absolute atomic E-state index is 12.5. The fourth-order valence-electron chi connectivity index (χ4n) is 2.76. The van der Waals surface area contributed by atoms with Gasteiger partial charge in [0.15, 0.2) is 0 Å². The highest BCUT2D eigenvalue weighted by Gasteiger charge is 2.11. The molecule has 7 heteroatoms. The number of carbonyl (C=O) groups excluding carboxylic acids is 1. The summed E-state index contributed by atoms with van der Waals surface area (Å²) in [5.41, 5.74) is 3.30. The number of ether oxygens (including phenoxy) is 1. The van der Waals surface area contributed by atoms with Crippen LogP contribution in [-0.4, -0.2) is 14.3 Å². The zero-order chi connectivity index (χ0) is 20.9. The highest BCUT2D eigenvalue weighted by atomic mass is 32.2. The largest absolute Gasteiger partial charge is 0.487 e. The minimum atomic E-state index is -3.75. The van der Waals surface area contributed by atoms with E-state index >= 15 is 0 Å². The first-order chi connectivity index (χ1) is 13.8. The number of hydrogen-bond donors (Lipinski definition) is 2. The molecular weight excluding hydrogens is 388 g/mol. The van der Waals surface area contributed by atoms with E-state index in [1.165, 1.54) is 12.1 Å². The molecule has 0 spiro atoms. The molecule has 0 saturated heterocycles. The molecule has 0 radical (unpaired) electrons. The number of primary sulfonamides is 1. The number of aryl methyl sites for hydroxylation is 1. The zero-order valence-electron chi connectivity index (χ0n) is 16.0. The van der Waals surface area contributed by atoms with Crippen LogP contribution in [0.1, 0.15) is 16.7 Å². The number of amides is 1. The van der Waals surface area contributed by atoms with Crippen LogP contribution in [0, 0.1) is 6.92 Å². The number of nitrogens with two attached hydrogens (primary N) is 1. The number of benzene rings is 3. The number of anilines is 1. The van der Waals surface area contributed by atoms with Crippen molar-refractivity contribution in [3.05, 3.63) is 89.5 Å². The van der Waals surface area contributed by atoms with Crippen LogP contribution < -0.4 is 15.2 Å². The molecule has 150 valence electrons. The van der Waals surface area contributed by atoms with Gasteiger partial charge in [-0.1, -0.05) is 48.5 Å². The Balaban J connectivity index is 1.68. The van der Waals surface area contributed by atoms with Crippen LogP contribution in [0.15, 0.2) is 77.7 Å². The van der Waals surface area contributed by atoms with Crippen molar-refractivity contribution >= 4 is 21.6 Å². The summed E-state index contributed by atoms with van der Waals surface area (Å²) < 4.78 is 28.6. The normalized spacial score (nSPS) is 11.1. The lowest BCUT2D eigenvalue weighted by Gasteiger charge is -2.14. The predicted molar refractivity (Wildman–Crippen MR) is 112 cm³/mol. The van der Waals surface area contributed by atoms with Crippen LogP contribution in [0.25, 0.3) is 0 Å². The van der Waals surface area contributed by atoms with Gasteiger partial charge < -0.3 is 10.1 Å². The smallest absolute Gasteiger partial charge is 0.238 e. The van der Waals surface area contributed by atoms with Crippen LogP contribution in [0.5, 0.6) is 5.75 Å². The van der Waals surface area contributed by atoms with Gasteiger partial charge >= 0.3 is 0 Å². The summed E-state index contributed by atoms with van der Waals surface area (Å²) >= 11 is 0. The number of nitrogens with one attached hydrogen (secondary N) is 1. The molecule has 0 bridgehead atoms. The third-order valence-electron chi connectivity index (χ3n) is 4.26. The summed E-state index contributed by atoms with van der Waals surface area (Å²) in [6.07, 6.45) is 0.0941. The van der Waals surface area contributed by atoms with Crippen molar-refractivity contribution in [2.45, 2.75) is 24.8 Å². The molecular formula is C22H22N2O4S. The summed E-state index contributed by atoms with van der Waals surface area (Å²) in [7, 11) is -3.75. The second kappa shape index (κ2) is 8.89. The molecule has 1 amide bonds. The van der Waals surface area contributed by atoms with Crippen LogP contribution in [-0.2, 0) is 27.8 Å². The highest BCUT2D eigenvalue weighted by Crippen LogP contribution is 2.27. The van der Waals surface area contributed by atoms with E-state index in [0.29, 0.717) is 23.6 Å². The third kappa shape index (κ3) is 5.91. The summed E-state index contributed by atoms with van der Waals surface area (Å²) in [4.78, 5) is 12.5. The molecule has 29 heavy (non-hydrogen) atoms. The Bertz CT molecular complexity index is 1100. The molecule has 3 N–H and O–H groups in total. The van der Waals surface area contributed by atoms with Crippen LogP contribution in [0.3, 0.4) is 0 Å². The molecule has 3 rings (SSSR count). The first-order valence-corrected chi connectivity index (χ1v) is 10.5. The van der Waals surface area contributed by atoms with Crippen molar-refractivity contribution in [2.75, 3.05) is 5.32 Å². The highest BCUT2D eigenvalue weighted by molar-refractivity contribution is 7.89. The van der Waals surface area contributed by atoms with Crippen molar-refractivity contribution in [3.8, 4) is 5.75 Å². The average Bonchev–Trinajstić information content (AvgIpc) is 2.68. The van der Waals surface area contributed by atoms with E-state index in [-0.39, 0.29) is 17.2 Å². The Morgan fingerprint density at radius 2 is 1.66 bits per heavy atom. The van der Waals surface area contributed by atoms with Crippen LogP contribution in [0.4, 0.5) is 5.69 Å². The summed E-state index contributed by atoms with van der Waals surface area (Å²) in [6.45, 7) is 2.34. The Morgan fingerprint density at radius 1 is 0.966 bits per heavy atom. The van der Waals surface area contributed by atoms with Gasteiger partial charge in [-0.15, -0.1) is 0 Å². The van der Waals surface area contributed by atoms with Gasteiger partial charge in [0.25, 0.3) is 0 Å². The molecule has 6 nitrogen and oxygen atoms in total. The van der Waals surface area contributed by atoms with Gasteiger partial charge in [0.2, 0.25) is 15.9 Å². The van der Waals surface area contributed by atoms with E-state index in [0.717, 1.165) is 11.1 Å². The number of sulfonamides is 1. The molecule has 0 saturated carbocycles. The molecule has 3 aromatic carbocycles. The summed E-state index contributed by atoms with van der Waals surface area (Å²) in [6, 6.07) is 21.3. The molecule has 3 aromatic rings.